The molecule has 4 heteroatoms. The summed E-state index contributed by atoms with van der Waals surface area (Å²) in [6, 6.07) is 10.4. The van der Waals surface area contributed by atoms with E-state index < -0.39 is 11.1 Å². The van der Waals surface area contributed by atoms with Crippen molar-refractivity contribution in [3.8, 4) is 0 Å². The minimum Gasteiger partial charge on any atom is -0.444 e. The van der Waals surface area contributed by atoms with Gasteiger partial charge in [0.1, 0.15) is 5.60 Å². The maximum Gasteiger partial charge on any atom is 0.411 e. The van der Waals surface area contributed by atoms with Gasteiger partial charge in [-0.15, -0.1) is 0 Å². The van der Waals surface area contributed by atoms with Crippen LogP contribution in [0.25, 0.3) is 0 Å². The molecule has 1 aromatic rings. The van der Waals surface area contributed by atoms with E-state index in [0.717, 1.165) is 12.1 Å². The van der Waals surface area contributed by atoms with Gasteiger partial charge in [0.05, 0.1) is 5.54 Å². The normalized spacial score (nSPS) is 29.3. The number of hydrogen-bond acceptors (Lipinski definition) is 3. The quantitative estimate of drug-likeness (QED) is 0.863. The number of ether oxygens (including phenoxy) is 1. The smallest absolute Gasteiger partial charge is 0.411 e. The second-order valence-corrected chi connectivity index (χ2v) is 7.34. The number of nitrogens with zero attached hydrogens (tertiary/aromatic N) is 1. The largest absolute Gasteiger partial charge is 0.444 e. The lowest BCUT2D eigenvalue weighted by Crippen LogP contribution is -2.67. The van der Waals surface area contributed by atoms with Gasteiger partial charge in [-0.05, 0) is 47.1 Å². The molecule has 1 N–H and O–H groups in total. The number of nitrogens with one attached hydrogen (secondary N) is 1. The van der Waals surface area contributed by atoms with E-state index in [1.165, 1.54) is 0 Å². The number of piperazine rings is 1. The van der Waals surface area contributed by atoms with Gasteiger partial charge in [-0.25, -0.2) is 4.79 Å². The Morgan fingerprint density at radius 1 is 1.27 bits per heavy atom. The molecule has 0 radical (unpaired) electrons. The minimum atomic E-state index is -0.498. The summed E-state index contributed by atoms with van der Waals surface area (Å²) < 4.78 is 5.67. The van der Waals surface area contributed by atoms with Gasteiger partial charge in [0.15, 0.2) is 0 Å². The summed E-state index contributed by atoms with van der Waals surface area (Å²) in [5.74, 6) is 0. The fraction of sp³-hybridized carbons (Fsp3) is 0.611. The van der Waals surface area contributed by atoms with Crippen molar-refractivity contribution in [2.75, 3.05) is 6.54 Å². The topological polar surface area (TPSA) is 41.6 Å². The maximum atomic E-state index is 12.8. The van der Waals surface area contributed by atoms with Crippen molar-refractivity contribution in [1.29, 1.82) is 0 Å². The number of hydrogen-bond donors (Lipinski definition) is 1. The molecular weight excluding hydrogens is 276 g/mol. The van der Waals surface area contributed by atoms with Crippen molar-refractivity contribution >= 4 is 6.09 Å². The molecule has 3 atom stereocenters. The number of benzene rings is 1. The van der Waals surface area contributed by atoms with Crippen molar-refractivity contribution in [1.82, 2.24) is 10.2 Å². The molecule has 122 valence electrons. The first kappa shape index (κ1) is 16.8. The third-order valence-electron chi connectivity index (χ3n) is 4.45. The first-order valence-corrected chi connectivity index (χ1v) is 7.97. The SMILES string of the molecule is C[C@@H]1CN[C@H](C)C(C)(c2ccccc2)N1C(=O)OC(C)(C)C. The van der Waals surface area contributed by atoms with Crippen LogP contribution in [-0.4, -0.2) is 35.2 Å². The van der Waals surface area contributed by atoms with Crippen molar-refractivity contribution < 1.29 is 9.53 Å². The van der Waals surface area contributed by atoms with Crippen LogP contribution in [0, 0.1) is 0 Å². The molecule has 1 aromatic carbocycles. The number of rotatable bonds is 1. The second kappa shape index (κ2) is 5.92. The standard InChI is InChI=1S/C18H28N2O2/c1-13-12-19-14(2)18(6,15-10-8-7-9-11-15)20(13)16(21)22-17(3,4)5/h7-11,13-14,19H,12H2,1-6H3/t13-,14-,18?/m1/s1. The molecule has 1 aliphatic rings. The highest BCUT2D eigenvalue weighted by molar-refractivity contribution is 5.70. The Bertz CT molecular complexity index is 524. The van der Waals surface area contributed by atoms with E-state index in [1.807, 2.05) is 43.9 Å². The fourth-order valence-corrected chi connectivity index (χ4v) is 3.15. The molecule has 1 aliphatic heterocycles. The predicted molar refractivity (Wildman–Crippen MR) is 88.8 cm³/mol. The van der Waals surface area contributed by atoms with E-state index in [0.29, 0.717) is 0 Å². The highest BCUT2D eigenvalue weighted by Gasteiger charge is 2.48. The highest BCUT2D eigenvalue weighted by Crippen LogP contribution is 2.37. The molecule has 1 heterocycles. The Morgan fingerprint density at radius 2 is 1.86 bits per heavy atom. The summed E-state index contributed by atoms with van der Waals surface area (Å²) in [5, 5.41) is 3.52. The van der Waals surface area contributed by atoms with Crippen LogP contribution in [0.3, 0.4) is 0 Å². The van der Waals surface area contributed by atoms with Crippen LogP contribution >= 0.6 is 0 Å². The van der Waals surface area contributed by atoms with Gasteiger partial charge >= 0.3 is 6.09 Å². The van der Waals surface area contributed by atoms with Crippen molar-refractivity contribution in [3.63, 3.8) is 0 Å². The van der Waals surface area contributed by atoms with Gasteiger partial charge in [0, 0.05) is 18.6 Å². The molecule has 0 saturated carbocycles. The molecule has 1 saturated heterocycles. The van der Waals surface area contributed by atoms with Gasteiger partial charge in [0.2, 0.25) is 0 Å². The average molecular weight is 304 g/mol. The third-order valence-corrected chi connectivity index (χ3v) is 4.45. The van der Waals surface area contributed by atoms with Crippen molar-refractivity contribution in [2.45, 2.75) is 64.8 Å². The first-order chi connectivity index (χ1) is 10.2. The van der Waals surface area contributed by atoms with Crippen LogP contribution in [0.15, 0.2) is 30.3 Å². The van der Waals surface area contributed by atoms with Gasteiger partial charge in [-0.1, -0.05) is 30.3 Å². The van der Waals surface area contributed by atoms with Crippen LogP contribution in [0.4, 0.5) is 4.79 Å². The summed E-state index contributed by atoms with van der Waals surface area (Å²) in [4.78, 5) is 14.7. The molecule has 0 spiro atoms. The molecule has 1 unspecified atom stereocenters. The number of amides is 1. The molecule has 0 aromatic heterocycles. The van der Waals surface area contributed by atoms with Crippen molar-refractivity contribution in [3.05, 3.63) is 35.9 Å². The Labute approximate surface area is 133 Å². The van der Waals surface area contributed by atoms with Crippen LogP contribution in [-0.2, 0) is 10.3 Å². The van der Waals surface area contributed by atoms with Gasteiger partial charge in [0.25, 0.3) is 0 Å². The van der Waals surface area contributed by atoms with E-state index in [9.17, 15) is 4.79 Å². The summed E-state index contributed by atoms with van der Waals surface area (Å²) in [6.45, 7) is 12.8. The van der Waals surface area contributed by atoms with Crippen LogP contribution in [0.2, 0.25) is 0 Å². The fourth-order valence-electron chi connectivity index (χ4n) is 3.15. The monoisotopic (exact) mass is 304 g/mol. The van der Waals surface area contributed by atoms with Gasteiger partial charge in [-0.2, -0.15) is 0 Å². The Balaban J connectivity index is 2.44. The molecule has 4 nitrogen and oxygen atoms in total. The summed E-state index contributed by atoms with van der Waals surface area (Å²) in [5.41, 5.74) is 0.177. The molecular formula is C18H28N2O2. The summed E-state index contributed by atoms with van der Waals surface area (Å²) in [7, 11) is 0. The highest BCUT2D eigenvalue weighted by atomic mass is 16.6. The number of carbonyl (C=O) groups is 1. The minimum absolute atomic E-state index is 0.0660. The molecule has 2 rings (SSSR count). The molecule has 1 amide bonds. The summed E-state index contributed by atoms with van der Waals surface area (Å²) in [6.07, 6.45) is -0.250. The van der Waals surface area contributed by atoms with Crippen LogP contribution in [0.1, 0.15) is 47.1 Å². The van der Waals surface area contributed by atoms with Gasteiger partial charge in [-0.3, -0.25) is 4.90 Å². The lowest BCUT2D eigenvalue weighted by atomic mass is 9.80. The predicted octanol–water partition coefficient (Wildman–Crippen LogP) is 3.52. The average Bonchev–Trinajstić information content (AvgIpc) is 2.42. The third kappa shape index (κ3) is 3.12. The zero-order valence-electron chi connectivity index (χ0n) is 14.5. The van der Waals surface area contributed by atoms with Crippen LogP contribution in [0.5, 0.6) is 0 Å². The van der Waals surface area contributed by atoms with E-state index in [2.05, 4.69) is 38.2 Å². The Morgan fingerprint density at radius 3 is 2.41 bits per heavy atom. The first-order valence-electron chi connectivity index (χ1n) is 7.97. The van der Waals surface area contributed by atoms with Crippen molar-refractivity contribution in [2.24, 2.45) is 0 Å². The second-order valence-electron chi connectivity index (χ2n) is 7.34. The zero-order valence-corrected chi connectivity index (χ0v) is 14.5. The van der Waals surface area contributed by atoms with E-state index in [1.54, 1.807) is 0 Å². The Kier molecular flexibility index (Phi) is 4.52. The molecule has 0 aliphatic carbocycles. The maximum absolute atomic E-state index is 12.8. The Hall–Kier alpha value is -1.55. The number of carbonyl (C=O) groups excluding carboxylic acids is 1. The molecule has 22 heavy (non-hydrogen) atoms. The van der Waals surface area contributed by atoms with E-state index in [4.69, 9.17) is 4.74 Å². The van der Waals surface area contributed by atoms with Crippen LogP contribution < -0.4 is 5.32 Å². The van der Waals surface area contributed by atoms with Gasteiger partial charge < -0.3 is 10.1 Å². The lowest BCUT2D eigenvalue weighted by Gasteiger charge is -2.52. The lowest BCUT2D eigenvalue weighted by molar-refractivity contribution is -0.0374. The summed E-state index contributed by atoms with van der Waals surface area (Å²) >= 11 is 0. The molecule has 0 bridgehead atoms. The van der Waals surface area contributed by atoms with E-state index >= 15 is 0 Å². The zero-order chi connectivity index (χ0) is 16.5. The van der Waals surface area contributed by atoms with E-state index in [-0.39, 0.29) is 18.2 Å². The molecule has 1 fully saturated rings.